The van der Waals surface area contributed by atoms with Crippen molar-refractivity contribution in [1.82, 2.24) is 0 Å². The van der Waals surface area contributed by atoms with Crippen LogP contribution in [0, 0.1) is 6.42 Å². The summed E-state index contributed by atoms with van der Waals surface area (Å²) in [6, 6.07) is 4.91. The first kappa shape index (κ1) is 13.0. The highest BCUT2D eigenvalue weighted by Crippen LogP contribution is 2.28. The molecule has 0 saturated heterocycles. The molecule has 0 N–H and O–H groups in total. The summed E-state index contributed by atoms with van der Waals surface area (Å²) in [5.74, 6) is 0. The minimum Gasteiger partial charge on any atom is -0.0755 e. The van der Waals surface area contributed by atoms with Crippen molar-refractivity contribution in [3.8, 4) is 0 Å². The number of aryl methyl sites for hydroxylation is 2. The summed E-state index contributed by atoms with van der Waals surface area (Å²) in [4.78, 5) is 0. The van der Waals surface area contributed by atoms with Crippen LogP contribution in [0.5, 0.6) is 0 Å². The normalized spacial score (nSPS) is 20.2. The molecule has 0 aromatic heterocycles. The number of benzene rings is 1. The average Bonchev–Trinajstić information content (AvgIpc) is 2.85. The van der Waals surface area contributed by atoms with Crippen molar-refractivity contribution in [2.75, 3.05) is 0 Å². The summed E-state index contributed by atoms with van der Waals surface area (Å²) < 4.78 is 0. The maximum Gasteiger partial charge on any atom is 0.0131 e. The van der Waals surface area contributed by atoms with Crippen molar-refractivity contribution in [3.05, 3.63) is 46.9 Å². The molecule has 0 spiro atoms. The van der Waals surface area contributed by atoms with E-state index in [0.29, 0.717) is 0 Å². The molecule has 0 aliphatic heterocycles. The predicted molar refractivity (Wildman–Crippen MR) is 83.2 cm³/mol. The second kappa shape index (κ2) is 6.41. The van der Waals surface area contributed by atoms with Crippen LogP contribution >= 0.6 is 0 Å². The molecular weight excluding hydrogens is 228 g/mol. The highest BCUT2D eigenvalue weighted by molar-refractivity contribution is 5.66. The van der Waals surface area contributed by atoms with Crippen LogP contribution in [0.25, 0.3) is 6.08 Å². The highest BCUT2D eigenvalue weighted by atomic mass is 14.2. The van der Waals surface area contributed by atoms with Crippen LogP contribution in [-0.2, 0) is 12.8 Å². The molecule has 0 atom stereocenters. The number of hydrogen-bond donors (Lipinski definition) is 0. The van der Waals surface area contributed by atoms with E-state index in [9.17, 15) is 0 Å². The molecule has 0 amide bonds. The van der Waals surface area contributed by atoms with Crippen LogP contribution in [0.2, 0.25) is 0 Å². The summed E-state index contributed by atoms with van der Waals surface area (Å²) >= 11 is 0. The summed E-state index contributed by atoms with van der Waals surface area (Å²) in [5.41, 5.74) is 6.12. The predicted octanol–water partition coefficient (Wildman–Crippen LogP) is 5.49. The summed E-state index contributed by atoms with van der Waals surface area (Å²) in [6.45, 7) is 0. The van der Waals surface area contributed by atoms with Gasteiger partial charge in [0.2, 0.25) is 0 Å². The summed E-state index contributed by atoms with van der Waals surface area (Å²) in [7, 11) is 0. The molecule has 0 bridgehead atoms. The number of allylic oxidation sites excluding steroid dienone is 1. The van der Waals surface area contributed by atoms with Crippen molar-refractivity contribution in [2.24, 2.45) is 0 Å². The fourth-order valence-electron chi connectivity index (χ4n) is 3.43. The fourth-order valence-corrected chi connectivity index (χ4v) is 3.43. The molecule has 0 nitrogen and oxygen atoms in total. The molecule has 2 aliphatic rings. The molecule has 0 heteroatoms. The van der Waals surface area contributed by atoms with Gasteiger partial charge in [-0.25, -0.2) is 0 Å². The minimum absolute atomic E-state index is 1.29. The zero-order valence-corrected chi connectivity index (χ0v) is 12.0. The van der Waals surface area contributed by atoms with E-state index in [1.165, 1.54) is 75.3 Å². The molecule has 0 unspecified atom stereocenters. The van der Waals surface area contributed by atoms with Gasteiger partial charge in [-0.15, -0.1) is 0 Å². The van der Waals surface area contributed by atoms with Crippen molar-refractivity contribution >= 4 is 6.08 Å². The third-order valence-electron chi connectivity index (χ3n) is 4.60. The van der Waals surface area contributed by atoms with Gasteiger partial charge in [-0.05, 0) is 47.9 Å². The van der Waals surface area contributed by atoms with Gasteiger partial charge < -0.3 is 0 Å². The smallest absolute Gasteiger partial charge is 0.0131 e. The Morgan fingerprint density at radius 1 is 0.579 bits per heavy atom. The van der Waals surface area contributed by atoms with Crippen LogP contribution < -0.4 is 0 Å². The molecule has 3 rings (SSSR count). The van der Waals surface area contributed by atoms with Gasteiger partial charge in [-0.2, -0.15) is 0 Å². The Morgan fingerprint density at radius 2 is 1.11 bits per heavy atom. The van der Waals surface area contributed by atoms with Crippen molar-refractivity contribution in [2.45, 2.75) is 64.2 Å². The van der Waals surface area contributed by atoms with Crippen molar-refractivity contribution < 1.29 is 0 Å². The monoisotopic (exact) mass is 253 g/mol. The van der Waals surface area contributed by atoms with E-state index < -0.39 is 0 Å². The van der Waals surface area contributed by atoms with Gasteiger partial charge in [0, 0.05) is 6.42 Å². The van der Waals surface area contributed by atoms with Crippen LogP contribution in [0.3, 0.4) is 0 Å². The van der Waals surface area contributed by atoms with E-state index in [-0.39, 0.29) is 0 Å². The Morgan fingerprint density at radius 3 is 1.74 bits per heavy atom. The van der Waals surface area contributed by atoms with Gasteiger partial charge >= 0.3 is 0 Å². The second-order valence-electron chi connectivity index (χ2n) is 6.10. The topological polar surface area (TPSA) is 0 Å². The largest absolute Gasteiger partial charge is 0.0755 e. The number of rotatable bonds is 0. The molecule has 1 radical (unpaired) electrons. The molecule has 2 aliphatic carbocycles. The second-order valence-corrected chi connectivity index (χ2v) is 6.10. The van der Waals surface area contributed by atoms with Crippen LogP contribution in [-0.4, -0.2) is 0 Å². The Kier molecular flexibility index (Phi) is 4.37. The highest BCUT2D eigenvalue weighted by Gasteiger charge is 2.11. The Balaban J connectivity index is 1.79. The lowest BCUT2D eigenvalue weighted by molar-refractivity contribution is 0.559. The molecule has 1 aromatic rings. The Bertz CT molecular complexity index is 453. The molecule has 0 fully saturated rings. The van der Waals surface area contributed by atoms with Gasteiger partial charge in [0.1, 0.15) is 0 Å². The number of hydrogen-bond acceptors (Lipinski definition) is 0. The zero-order valence-electron chi connectivity index (χ0n) is 12.0. The summed E-state index contributed by atoms with van der Waals surface area (Å²) in [6.07, 6.45) is 20.6. The molecule has 0 heterocycles. The summed E-state index contributed by atoms with van der Waals surface area (Å²) in [5, 5.41) is 0. The maximum atomic E-state index is 2.45. The first-order chi connectivity index (χ1) is 9.43. The SMILES string of the molecule is [CH]1C=Cc2cc3c(cc21)CCCCCCCCCC3. The van der Waals surface area contributed by atoms with Gasteiger partial charge in [0.25, 0.3) is 0 Å². The van der Waals surface area contributed by atoms with Gasteiger partial charge in [0.15, 0.2) is 0 Å². The van der Waals surface area contributed by atoms with E-state index in [2.05, 4.69) is 30.7 Å². The Labute approximate surface area is 117 Å². The first-order valence-electron chi connectivity index (χ1n) is 8.11. The quantitative estimate of drug-likeness (QED) is 0.574. The van der Waals surface area contributed by atoms with Gasteiger partial charge in [-0.1, -0.05) is 62.8 Å². The van der Waals surface area contributed by atoms with Gasteiger partial charge in [0.05, 0.1) is 0 Å². The van der Waals surface area contributed by atoms with E-state index in [1.54, 1.807) is 11.1 Å². The lowest BCUT2D eigenvalue weighted by Gasteiger charge is -2.14. The lowest BCUT2D eigenvalue weighted by atomic mass is 9.91. The fraction of sp³-hybridized carbons (Fsp3) is 0.526. The van der Waals surface area contributed by atoms with Crippen molar-refractivity contribution in [3.63, 3.8) is 0 Å². The Hall–Kier alpha value is -1.04. The van der Waals surface area contributed by atoms with Crippen LogP contribution in [0.4, 0.5) is 0 Å². The third kappa shape index (κ3) is 3.29. The molecular formula is C19H25. The molecule has 101 valence electrons. The first-order valence-corrected chi connectivity index (χ1v) is 8.11. The van der Waals surface area contributed by atoms with E-state index in [0.717, 1.165) is 0 Å². The van der Waals surface area contributed by atoms with Gasteiger partial charge in [-0.3, -0.25) is 0 Å². The zero-order chi connectivity index (χ0) is 12.9. The van der Waals surface area contributed by atoms with Crippen molar-refractivity contribution in [1.29, 1.82) is 0 Å². The standard InChI is InChI=1S/C19H25/c1-2-4-6-8-11-17-15-19-13-9-12-18(19)14-16(17)10-7-5-3-1/h9,12-15H,1-8,10-11H2. The maximum absolute atomic E-state index is 2.45. The van der Waals surface area contributed by atoms with E-state index in [4.69, 9.17) is 0 Å². The minimum atomic E-state index is 1.29. The molecule has 19 heavy (non-hydrogen) atoms. The van der Waals surface area contributed by atoms with Crippen LogP contribution in [0.15, 0.2) is 18.2 Å². The number of fused-ring (bicyclic) bond motifs is 2. The third-order valence-corrected chi connectivity index (χ3v) is 4.60. The van der Waals surface area contributed by atoms with Crippen LogP contribution in [0.1, 0.15) is 73.6 Å². The molecule has 1 aromatic carbocycles. The molecule has 0 saturated carbocycles. The van der Waals surface area contributed by atoms with E-state index in [1.807, 2.05) is 0 Å². The lowest BCUT2D eigenvalue weighted by Crippen LogP contribution is -1.99. The van der Waals surface area contributed by atoms with E-state index >= 15 is 0 Å². The average molecular weight is 253 g/mol.